The molecule has 0 aliphatic heterocycles. The van der Waals surface area contributed by atoms with Crippen molar-refractivity contribution in [1.82, 2.24) is 15.0 Å². The van der Waals surface area contributed by atoms with Gasteiger partial charge in [0.2, 0.25) is 0 Å². The minimum atomic E-state index is 0.281. The highest BCUT2D eigenvalue weighted by molar-refractivity contribution is 6.41. The van der Waals surface area contributed by atoms with Crippen molar-refractivity contribution in [2.24, 2.45) is 0 Å². The van der Waals surface area contributed by atoms with Crippen LogP contribution in [0.25, 0.3) is 11.2 Å². The molecule has 2 aromatic heterocycles. The van der Waals surface area contributed by atoms with Crippen LogP contribution in [-0.2, 0) is 6.42 Å². The highest BCUT2D eigenvalue weighted by Crippen LogP contribution is 2.24. The maximum absolute atomic E-state index is 5.95. The predicted molar refractivity (Wildman–Crippen MR) is 82.6 cm³/mol. The van der Waals surface area contributed by atoms with E-state index in [0.717, 1.165) is 17.8 Å². The molecular weight excluding hydrogens is 293 g/mol. The van der Waals surface area contributed by atoms with Crippen molar-refractivity contribution in [3.8, 4) is 0 Å². The molecule has 1 N–H and O–H groups in total. The van der Waals surface area contributed by atoms with Crippen LogP contribution in [-0.4, -0.2) is 15.0 Å². The molecule has 0 fully saturated rings. The van der Waals surface area contributed by atoms with E-state index in [1.54, 1.807) is 6.07 Å². The van der Waals surface area contributed by atoms with Gasteiger partial charge in [0.25, 0.3) is 0 Å². The van der Waals surface area contributed by atoms with E-state index >= 15 is 0 Å². The molecule has 0 atom stereocenters. The molecule has 102 valence electrons. The van der Waals surface area contributed by atoms with Gasteiger partial charge in [-0.2, -0.15) is 0 Å². The average Bonchev–Trinajstić information content (AvgIpc) is 2.76. The van der Waals surface area contributed by atoms with Crippen molar-refractivity contribution in [2.45, 2.75) is 20.3 Å². The summed E-state index contributed by atoms with van der Waals surface area (Å²) < 4.78 is 0. The standard InChI is InChI=1S/C15H13Cl2N3/c1-8-3-4-10(5-9(8)2)6-13-18-12-7-11(16)14(17)20-15(12)19-13/h3-5,7H,6H2,1-2H3,(H,18,19,20). The number of benzene rings is 1. The Balaban J connectivity index is 1.96. The minimum Gasteiger partial charge on any atom is -0.340 e. The maximum Gasteiger partial charge on any atom is 0.179 e. The Labute approximate surface area is 127 Å². The van der Waals surface area contributed by atoms with Crippen LogP contribution in [0.5, 0.6) is 0 Å². The Morgan fingerprint density at radius 3 is 2.60 bits per heavy atom. The summed E-state index contributed by atoms with van der Waals surface area (Å²) in [6.07, 6.45) is 0.729. The summed E-state index contributed by atoms with van der Waals surface area (Å²) in [4.78, 5) is 11.8. The number of H-pyrrole nitrogens is 1. The van der Waals surface area contributed by atoms with Crippen LogP contribution in [0.2, 0.25) is 10.2 Å². The highest BCUT2D eigenvalue weighted by Gasteiger charge is 2.09. The van der Waals surface area contributed by atoms with E-state index in [-0.39, 0.29) is 5.15 Å². The number of aromatic nitrogens is 3. The molecule has 0 saturated heterocycles. The Hall–Kier alpha value is -1.58. The Morgan fingerprint density at radius 2 is 1.85 bits per heavy atom. The molecule has 2 heterocycles. The third kappa shape index (κ3) is 2.51. The molecule has 0 spiro atoms. The number of imidazole rings is 1. The number of hydrogen-bond acceptors (Lipinski definition) is 2. The number of pyridine rings is 1. The van der Waals surface area contributed by atoms with Gasteiger partial charge in [0, 0.05) is 6.42 Å². The minimum absolute atomic E-state index is 0.281. The zero-order valence-corrected chi connectivity index (χ0v) is 12.7. The second-order valence-corrected chi connectivity index (χ2v) is 5.68. The molecule has 0 bridgehead atoms. The number of halogens is 2. The Morgan fingerprint density at radius 1 is 1.05 bits per heavy atom. The topological polar surface area (TPSA) is 41.6 Å². The molecule has 0 aliphatic carbocycles. The summed E-state index contributed by atoms with van der Waals surface area (Å²) in [7, 11) is 0. The van der Waals surface area contributed by atoms with Gasteiger partial charge in [0.15, 0.2) is 5.65 Å². The van der Waals surface area contributed by atoms with Crippen molar-refractivity contribution in [2.75, 3.05) is 0 Å². The zero-order chi connectivity index (χ0) is 14.3. The molecule has 0 unspecified atom stereocenters. The summed E-state index contributed by atoms with van der Waals surface area (Å²) in [5.74, 6) is 0.856. The van der Waals surface area contributed by atoms with Crippen LogP contribution >= 0.6 is 23.2 Å². The summed E-state index contributed by atoms with van der Waals surface area (Å²) in [5.41, 5.74) is 5.18. The number of rotatable bonds is 2. The van der Waals surface area contributed by atoms with Crippen LogP contribution in [0.4, 0.5) is 0 Å². The van der Waals surface area contributed by atoms with Crippen molar-refractivity contribution in [3.05, 3.63) is 57.0 Å². The van der Waals surface area contributed by atoms with E-state index in [1.807, 2.05) is 0 Å². The molecule has 3 aromatic rings. The van der Waals surface area contributed by atoms with Crippen LogP contribution in [0, 0.1) is 13.8 Å². The molecule has 1 aromatic carbocycles. The first kappa shape index (κ1) is 13.4. The molecule has 5 heteroatoms. The molecule has 3 nitrogen and oxygen atoms in total. The second-order valence-electron chi connectivity index (χ2n) is 4.91. The van der Waals surface area contributed by atoms with Gasteiger partial charge >= 0.3 is 0 Å². The van der Waals surface area contributed by atoms with Gasteiger partial charge in [-0.05, 0) is 36.6 Å². The maximum atomic E-state index is 5.95. The van der Waals surface area contributed by atoms with E-state index in [2.05, 4.69) is 47.0 Å². The quantitative estimate of drug-likeness (QED) is 0.710. The number of nitrogens with one attached hydrogen (secondary N) is 1. The highest BCUT2D eigenvalue weighted by atomic mass is 35.5. The first-order valence-corrected chi connectivity index (χ1v) is 7.05. The monoisotopic (exact) mass is 305 g/mol. The van der Waals surface area contributed by atoms with Crippen molar-refractivity contribution in [3.63, 3.8) is 0 Å². The van der Waals surface area contributed by atoms with Crippen molar-refractivity contribution >= 4 is 34.4 Å². The van der Waals surface area contributed by atoms with Crippen molar-refractivity contribution < 1.29 is 0 Å². The molecule has 0 saturated carbocycles. The average molecular weight is 306 g/mol. The lowest BCUT2D eigenvalue weighted by molar-refractivity contribution is 1.03. The third-order valence-corrected chi connectivity index (χ3v) is 4.05. The van der Waals surface area contributed by atoms with Gasteiger partial charge in [0.1, 0.15) is 11.0 Å². The molecular formula is C15H13Cl2N3. The van der Waals surface area contributed by atoms with Gasteiger partial charge in [0.05, 0.1) is 10.5 Å². The van der Waals surface area contributed by atoms with Gasteiger partial charge in [-0.25, -0.2) is 9.97 Å². The van der Waals surface area contributed by atoms with E-state index < -0.39 is 0 Å². The second kappa shape index (κ2) is 5.08. The largest absolute Gasteiger partial charge is 0.340 e. The fraction of sp³-hybridized carbons (Fsp3) is 0.200. The summed E-state index contributed by atoms with van der Waals surface area (Å²) >= 11 is 11.9. The number of fused-ring (bicyclic) bond motifs is 1. The number of aryl methyl sites for hydroxylation is 2. The van der Waals surface area contributed by atoms with Gasteiger partial charge in [-0.1, -0.05) is 41.4 Å². The smallest absolute Gasteiger partial charge is 0.179 e. The van der Waals surface area contributed by atoms with Crippen LogP contribution in [0.1, 0.15) is 22.5 Å². The summed E-state index contributed by atoms with van der Waals surface area (Å²) in [6, 6.07) is 8.17. The Kier molecular flexibility index (Phi) is 3.40. The number of hydrogen-bond donors (Lipinski definition) is 1. The van der Waals surface area contributed by atoms with Gasteiger partial charge < -0.3 is 4.98 Å². The van der Waals surface area contributed by atoms with Crippen LogP contribution in [0.3, 0.4) is 0 Å². The first-order chi connectivity index (χ1) is 9.52. The number of nitrogens with zero attached hydrogens (tertiary/aromatic N) is 2. The Bertz CT molecular complexity index is 754. The molecule has 0 aliphatic rings. The van der Waals surface area contributed by atoms with E-state index in [1.165, 1.54) is 16.7 Å². The summed E-state index contributed by atoms with van der Waals surface area (Å²) in [6.45, 7) is 4.22. The fourth-order valence-corrected chi connectivity index (χ4v) is 2.42. The zero-order valence-electron chi connectivity index (χ0n) is 11.2. The van der Waals surface area contributed by atoms with E-state index in [0.29, 0.717) is 10.7 Å². The lowest BCUT2D eigenvalue weighted by Crippen LogP contribution is -1.92. The van der Waals surface area contributed by atoms with Gasteiger partial charge in [-0.15, -0.1) is 0 Å². The predicted octanol–water partition coefficient (Wildman–Crippen LogP) is 4.47. The van der Waals surface area contributed by atoms with E-state index in [4.69, 9.17) is 23.2 Å². The summed E-state index contributed by atoms with van der Waals surface area (Å²) in [5, 5.41) is 0.712. The fourth-order valence-electron chi connectivity index (χ4n) is 2.14. The lowest BCUT2D eigenvalue weighted by atomic mass is 10.0. The van der Waals surface area contributed by atoms with Crippen LogP contribution < -0.4 is 0 Å². The number of aromatic amines is 1. The SMILES string of the molecule is Cc1ccc(Cc2nc3nc(Cl)c(Cl)cc3[nH]2)cc1C. The lowest BCUT2D eigenvalue weighted by Gasteiger charge is -2.03. The van der Waals surface area contributed by atoms with Gasteiger partial charge in [-0.3, -0.25) is 0 Å². The third-order valence-electron chi connectivity index (χ3n) is 3.38. The molecule has 0 amide bonds. The molecule has 0 radical (unpaired) electrons. The molecule has 20 heavy (non-hydrogen) atoms. The van der Waals surface area contributed by atoms with E-state index in [9.17, 15) is 0 Å². The van der Waals surface area contributed by atoms with Crippen LogP contribution in [0.15, 0.2) is 24.3 Å². The van der Waals surface area contributed by atoms with Crippen molar-refractivity contribution in [1.29, 1.82) is 0 Å². The molecule has 3 rings (SSSR count). The normalized spacial score (nSPS) is 11.2. The first-order valence-electron chi connectivity index (χ1n) is 6.29.